The molecule has 1 saturated heterocycles. The van der Waals surface area contributed by atoms with E-state index in [2.05, 4.69) is 5.32 Å². The van der Waals surface area contributed by atoms with Crippen LogP contribution in [0.5, 0.6) is 0 Å². The van der Waals surface area contributed by atoms with Crippen molar-refractivity contribution in [1.29, 1.82) is 0 Å². The van der Waals surface area contributed by atoms with E-state index in [0.717, 1.165) is 31.8 Å². The minimum atomic E-state index is -0.141. The summed E-state index contributed by atoms with van der Waals surface area (Å²) in [5.74, 6) is 1.03. The molecule has 3 rings (SSSR count). The van der Waals surface area contributed by atoms with E-state index in [1.165, 1.54) is 32.2 Å². The van der Waals surface area contributed by atoms with Crippen molar-refractivity contribution in [3.63, 3.8) is 0 Å². The molecule has 4 nitrogen and oxygen atoms in total. The predicted molar refractivity (Wildman–Crippen MR) is 74.0 cm³/mol. The zero-order valence-corrected chi connectivity index (χ0v) is 12.0. The summed E-state index contributed by atoms with van der Waals surface area (Å²) in [5, 5.41) is 3.76. The summed E-state index contributed by atoms with van der Waals surface area (Å²) >= 11 is 0. The van der Waals surface area contributed by atoms with Gasteiger partial charge in [-0.2, -0.15) is 0 Å². The van der Waals surface area contributed by atoms with Gasteiger partial charge in [0.25, 0.3) is 0 Å². The fourth-order valence-electron chi connectivity index (χ4n) is 3.41. The van der Waals surface area contributed by atoms with E-state index in [0.29, 0.717) is 18.1 Å². The molecule has 0 aromatic rings. The Bertz CT molecular complexity index is 329. The van der Waals surface area contributed by atoms with E-state index in [9.17, 15) is 4.79 Å². The molecule has 2 saturated carbocycles. The summed E-state index contributed by atoms with van der Waals surface area (Å²) in [5.41, 5.74) is 0.679. The lowest BCUT2D eigenvalue weighted by atomic mass is 9.98. The maximum Gasteiger partial charge on any atom is 0.409 e. The highest BCUT2D eigenvalue weighted by atomic mass is 16.6. The van der Waals surface area contributed by atoms with Gasteiger partial charge >= 0.3 is 6.09 Å². The van der Waals surface area contributed by atoms with E-state index in [1.807, 2.05) is 11.8 Å². The maximum atomic E-state index is 11.6. The highest BCUT2D eigenvalue weighted by Gasteiger charge is 2.53. The quantitative estimate of drug-likeness (QED) is 0.830. The molecule has 0 unspecified atom stereocenters. The molecule has 3 fully saturated rings. The summed E-state index contributed by atoms with van der Waals surface area (Å²) in [6.07, 6.45) is 7.79. The Kier molecular flexibility index (Phi) is 3.70. The van der Waals surface area contributed by atoms with Gasteiger partial charge in [0.05, 0.1) is 6.61 Å². The van der Waals surface area contributed by atoms with Crippen molar-refractivity contribution in [2.45, 2.75) is 51.5 Å². The van der Waals surface area contributed by atoms with Crippen molar-refractivity contribution in [2.75, 3.05) is 26.2 Å². The summed E-state index contributed by atoms with van der Waals surface area (Å²) < 4.78 is 5.05. The lowest BCUT2D eigenvalue weighted by Crippen LogP contribution is -2.46. The Morgan fingerprint density at radius 2 is 1.95 bits per heavy atom. The monoisotopic (exact) mass is 266 g/mol. The van der Waals surface area contributed by atoms with Crippen LogP contribution in [0, 0.1) is 11.3 Å². The number of piperidine rings is 1. The van der Waals surface area contributed by atoms with Gasteiger partial charge in [-0.1, -0.05) is 0 Å². The fourth-order valence-corrected chi connectivity index (χ4v) is 3.41. The number of nitrogens with one attached hydrogen (secondary N) is 1. The topological polar surface area (TPSA) is 41.6 Å². The molecule has 0 bridgehead atoms. The van der Waals surface area contributed by atoms with Gasteiger partial charge < -0.3 is 15.0 Å². The van der Waals surface area contributed by atoms with Gasteiger partial charge in [-0.05, 0) is 56.8 Å². The molecule has 4 heteroatoms. The van der Waals surface area contributed by atoms with E-state index in [1.54, 1.807) is 0 Å². The summed E-state index contributed by atoms with van der Waals surface area (Å²) in [7, 11) is 0. The minimum absolute atomic E-state index is 0.141. The van der Waals surface area contributed by atoms with Crippen LogP contribution in [0.3, 0.4) is 0 Å². The van der Waals surface area contributed by atoms with Crippen molar-refractivity contribution in [1.82, 2.24) is 10.2 Å². The Balaban J connectivity index is 1.37. The third-order valence-electron chi connectivity index (χ3n) is 5.10. The van der Waals surface area contributed by atoms with Gasteiger partial charge in [0, 0.05) is 25.7 Å². The number of rotatable bonds is 5. The molecular formula is C15H26N2O2. The average Bonchev–Trinajstić information content (AvgIpc) is 3.29. The van der Waals surface area contributed by atoms with Crippen LogP contribution in [0.15, 0.2) is 0 Å². The Morgan fingerprint density at radius 3 is 2.47 bits per heavy atom. The van der Waals surface area contributed by atoms with Crippen molar-refractivity contribution in [2.24, 2.45) is 11.3 Å². The van der Waals surface area contributed by atoms with Gasteiger partial charge in [0.1, 0.15) is 0 Å². The lowest BCUT2D eigenvalue weighted by Gasteiger charge is -2.32. The van der Waals surface area contributed by atoms with Crippen molar-refractivity contribution in [3.05, 3.63) is 0 Å². The van der Waals surface area contributed by atoms with Crippen LogP contribution in [0.2, 0.25) is 0 Å². The standard InChI is InChI=1S/C15H26N2O2/c1-2-19-14(18)17-9-5-13(6-10-17)16-11-15(7-8-15)12-3-4-12/h12-13,16H,2-11H2,1H3. The zero-order chi connectivity index (χ0) is 13.3. The van der Waals surface area contributed by atoms with Crippen molar-refractivity contribution < 1.29 is 9.53 Å². The van der Waals surface area contributed by atoms with Crippen LogP contribution in [-0.4, -0.2) is 43.3 Å². The summed E-state index contributed by atoms with van der Waals surface area (Å²) in [6.45, 7) is 5.22. The van der Waals surface area contributed by atoms with E-state index >= 15 is 0 Å². The van der Waals surface area contributed by atoms with Crippen molar-refractivity contribution >= 4 is 6.09 Å². The molecular weight excluding hydrogens is 240 g/mol. The first-order chi connectivity index (χ1) is 9.23. The zero-order valence-electron chi connectivity index (χ0n) is 12.0. The first-order valence-electron chi connectivity index (χ1n) is 7.88. The van der Waals surface area contributed by atoms with Crippen LogP contribution >= 0.6 is 0 Å². The van der Waals surface area contributed by atoms with Crippen LogP contribution in [0.4, 0.5) is 4.79 Å². The van der Waals surface area contributed by atoms with Gasteiger partial charge in [-0.15, -0.1) is 0 Å². The van der Waals surface area contributed by atoms with E-state index in [4.69, 9.17) is 4.74 Å². The summed E-state index contributed by atoms with van der Waals surface area (Å²) in [6, 6.07) is 0.599. The number of carbonyl (C=O) groups excluding carboxylic acids is 1. The minimum Gasteiger partial charge on any atom is -0.450 e. The number of nitrogens with zero attached hydrogens (tertiary/aromatic N) is 1. The van der Waals surface area contributed by atoms with Gasteiger partial charge in [0.15, 0.2) is 0 Å². The van der Waals surface area contributed by atoms with E-state index in [-0.39, 0.29) is 6.09 Å². The molecule has 19 heavy (non-hydrogen) atoms. The van der Waals surface area contributed by atoms with Crippen LogP contribution in [0.1, 0.15) is 45.4 Å². The van der Waals surface area contributed by atoms with Crippen LogP contribution in [0.25, 0.3) is 0 Å². The predicted octanol–water partition coefficient (Wildman–Crippen LogP) is 2.39. The average molecular weight is 266 g/mol. The van der Waals surface area contributed by atoms with Gasteiger partial charge in [-0.25, -0.2) is 4.79 Å². The molecule has 2 aliphatic carbocycles. The number of ether oxygens (including phenoxy) is 1. The molecule has 3 aliphatic rings. The van der Waals surface area contributed by atoms with Crippen LogP contribution < -0.4 is 5.32 Å². The second-order valence-electron chi connectivity index (χ2n) is 6.48. The molecule has 1 N–H and O–H groups in total. The molecule has 0 spiro atoms. The smallest absolute Gasteiger partial charge is 0.409 e. The third-order valence-corrected chi connectivity index (χ3v) is 5.10. The molecule has 0 radical (unpaired) electrons. The molecule has 0 aromatic heterocycles. The second kappa shape index (κ2) is 5.31. The van der Waals surface area contributed by atoms with Crippen LogP contribution in [-0.2, 0) is 4.74 Å². The molecule has 1 amide bonds. The lowest BCUT2D eigenvalue weighted by molar-refractivity contribution is 0.0945. The highest BCUT2D eigenvalue weighted by Crippen LogP contribution is 2.60. The number of hydrogen-bond acceptors (Lipinski definition) is 3. The fraction of sp³-hybridized carbons (Fsp3) is 0.933. The molecule has 1 aliphatic heterocycles. The second-order valence-corrected chi connectivity index (χ2v) is 6.48. The number of amides is 1. The SMILES string of the molecule is CCOC(=O)N1CCC(NCC2(C3CC3)CC2)CC1. The normalized spacial score (nSPS) is 26.3. The Hall–Kier alpha value is -0.770. The number of hydrogen-bond donors (Lipinski definition) is 1. The molecule has 108 valence electrons. The Labute approximate surface area is 115 Å². The number of carbonyl (C=O) groups is 1. The number of likely N-dealkylation sites (tertiary alicyclic amines) is 1. The highest BCUT2D eigenvalue weighted by molar-refractivity contribution is 5.67. The molecule has 0 atom stereocenters. The largest absolute Gasteiger partial charge is 0.450 e. The first kappa shape index (κ1) is 13.2. The van der Waals surface area contributed by atoms with E-state index < -0.39 is 0 Å². The third kappa shape index (κ3) is 3.04. The molecule has 1 heterocycles. The summed E-state index contributed by atoms with van der Waals surface area (Å²) in [4.78, 5) is 13.5. The maximum absolute atomic E-state index is 11.6. The Morgan fingerprint density at radius 1 is 1.26 bits per heavy atom. The molecule has 0 aromatic carbocycles. The van der Waals surface area contributed by atoms with Gasteiger partial charge in [-0.3, -0.25) is 0 Å². The first-order valence-corrected chi connectivity index (χ1v) is 7.88. The van der Waals surface area contributed by atoms with Gasteiger partial charge in [0.2, 0.25) is 0 Å². The van der Waals surface area contributed by atoms with Crippen molar-refractivity contribution in [3.8, 4) is 0 Å².